The molecule has 2 rings (SSSR count). The normalized spacial score (nSPS) is 11.8. The molecule has 0 aliphatic rings. The summed E-state index contributed by atoms with van der Waals surface area (Å²) in [6.07, 6.45) is -0.0297. The molecule has 1 aromatic carbocycles. The number of hydrogen-bond donors (Lipinski definition) is 1. The second-order valence-corrected chi connectivity index (χ2v) is 6.18. The highest BCUT2D eigenvalue weighted by Crippen LogP contribution is 2.25. The molecular formula is C16H17ClN2O3S. The molecule has 0 fully saturated rings. The van der Waals surface area contributed by atoms with Crippen LogP contribution in [0, 0.1) is 0 Å². The van der Waals surface area contributed by atoms with Gasteiger partial charge < -0.3 is 10.1 Å². The molecule has 5 nitrogen and oxygen atoms in total. The number of aromatic nitrogens is 1. The van der Waals surface area contributed by atoms with Crippen LogP contribution in [0.1, 0.15) is 30.8 Å². The van der Waals surface area contributed by atoms with Crippen molar-refractivity contribution in [2.24, 2.45) is 0 Å². The second kappa shape index (κ2) is 8.08. The predicted octanol–water partition coefficient (Wildman–Crippen LogP) is 3.54. The van der Waals surface area contributed by atoms with E-state index in [9.17, 15) is 9.59 Å². The van der Waals surface area contributed by atoms with Crippen molar-refractivity contribution in [2.75, 3.05) is 6.54 Å². The Morgan fingerprint density at radius 3 is 2.70 bits per heavy atom. The first-order valence-electron chi connectivity index (χ1n) is 7.21. The monoisotopic (exact) mass is 352 g/mol. The first kappa shape index (κ1) is 17.4. The lowest BCUT2D eigenvalue weighted by Gasteiger charge is -2.12. The summed E-state index contributed by atoms with van der Waals surface area (Å²) in [6.45, 7) is 4.04. The van der Waals surface area contributed by atoms with Gasteiger partial charge in [0.05, 0.1) is 0 Å². The third-order valence-electron chi connectivity index (χ3n) is 3.01. The number of hydrogen-bond acceptors (Lipinski definition) is 5. The molecule has 122 valence electrons. The zero-order valence-electron chi connectivity index (χ0n) is 12.8. The maximum Gasteiger partial charge on any atom is 0.358 e. The number of benzene rings is 1. The summed E-state index contributed by atoms with van der Waals surface area (Å²) >= 11 is 7.18. The number of nitrogens with one attached hydrogen (secondary N) is 1. The third-order valence-corrected chi connectivity index (χ3v) is 4.15. The average Bonchev–Trinajstić information content (AvgIpc) is 3.03. The summed E-state index contributed by atoms with van der Waals surface area (Å²) in [6, 6.07) is 7.18. The van der Waals surface area contributed by atoms with Gasteiger partial charge in [0, 0.05) is 22.5 Å². The van der Waals surface area contributed by atoms with Crippen LogP contribution in [0.2, 0.25) is 5.02 Å². The van der Waals surface area contributed by atoms with Crippen molar-refractivity contribution in [2.45, 2.75) is 26.4 Å². The van der Waals surface area contributed by atoms with E-state index in [1.807, 2.05) is 19.1 Å². The standard InChI is InChI=1S/C16H17ClN2O3S/c1-3-8-18-14(20)10(2)22-16(21)13-9-23-15(19-13)11-4-6-12(17)7-5-11/h4-7,9-10H,3,8H2,1-2H3,(H,18,20). The molecule has 0 aliphatic carbocycles. The van der Waals surface area contributed by atoms with Crippen LogP contribution in [-0.2, 0) is 9.53 Å². The van der Waals surface area contributed by atoms with Crippen molar-refractivity contribution in [3.8, 4) is 10.6 Å². The fraction of sp³-hybridized carbons (Fsp3) is 0.312. The molecule has 23 heavy (non-hydrogen) atoms. The summed E-state index contributed by atoms with van der Waals surface area (Å²) in [4.78, 5) is 28.0. The lowest BCUT2D eigenvalue weighted by atomic mass is 10.2. The number of thiazole rings is 1. The van der Waals surface area contributed by atoms with Gasteiger partial charge in [0.1, 0.15) is 5.01 Å². The minimum atomic E-state index is -0.852. The van der Waals surface area contributed by atoms with Gasteiger partial charge in [-0.3, -0.25) is 4.79 Å². The lowest BCUT2D eigenvalue weighted by Crippen LogP contribution is -2.36. The smallest absolute Gasteiger partial charge is 0.358 e. The zero-order valence-corrected chi connectivity index (χ0v) is 14.4. The molecule has 0 radical (unpaired) electrons. The largest absolute Gasteiger partial charge is 0.448 e. The van der Waals surface area contributed by atoms with E-state index in [-0.39, 0.29) is 11.6 Å². The number of rotatable bonds is 6. The number of nitrogens with zero attached hydrogens (tertiary/aromatic N) is 1. The van der Waals surface area contributed by atoms with Crippen LogP contribution < -0.4 is 5.32 Å². The molecule has 1 unspecified atom stereocenters. The van der Waals surface area contributed by atoms with Gasteiger partial charge in [0.2, 0.25) is 0 Å². The van der Waals surface area contributed by atoms with Crippen molar-refractivity contribution in [3.63, 3.8) is 0 Å². The van der Waals surface area contributed by atoms with Gasteiger partial charge in [0.25, 0.3) is 5.91 Å². The Labute approximate surface area is 143 Å². The third kappa shape index (κ3) is 4.77. The summed E-state index contributed by atoms with van der Waals surface area (Å²) in [5.74, 6) is -0.922. The number of esters is 1. The van der Waals surface area contributed by atoms with E-state index in [1.165, 1.54) is 18.3 Å². The average molecular weight is 353 g/mol. The number of ether oxygens (including phenoxy) is 1. The molecule has 0 saturated heterocycles. The van der Waals surface area contributed by atoms with Crippen molar-refractivity contribution in [3.05, 3.63) is 40.4 Å². The molecule has 0 spiro atoms. The maximum absolute atomic E-state index is 12.1. The SMILES string of the molecule is CCCNC(=O)C(C)OC(=O)c1csc(-c2ccc(Cl)cc2)n1. The van der Waals surface area contributed by atoms with E-state index < -0.39 is 12.1 Å². The molecule has 0 saturated carbocycles. The van der Waals surface area contributed by atoms with Crippen LogP contribution in [-0.4, -0.2) is 29.5 Å². The van der Waals surface area contributed by atoms with Crippen molar-refractivity contribution < 1.29 is 14.3 Å². The summed E-state index contributed by atoms with van der Waals surface area (Å²) in [5.41, 5.74) is 1.06. The minimum absolute atomic E-state index is 0.190. The van der Waals surface area contributed by atoms with Crippen molar-refractivity contribution >= 4 is 34.8 Å². The molecule has 1 amide bonds. The highest BCUT2D eigenvalue weighted by molar-refractivity contribution is 7.13. The van der Waals surface area contributed by atoms with Crippen LogP contribution in [0.25, 0.3) is 10.6 Å². The van der Waals surface area contributed by atoms with Crippen molar-refractivity contribution in [1.29, 1.82) is 0 Å². The molecular weight excluding hydrogens is 336 g/mol. The van der Waals surface area contributed by atoms with E-state index in [4.69, 9.17) is 16.3 Å². The number of halogens is 1. The van der Waals surface area contributed by atoms with Gasteiger partial charge in [-0.05, 0) is 25.5 Å². The van der Waals surface area contributed by atoms with Gasteiger partial charge in [0.15, 0.2) is 11.8 Å². The Balaban J connectivity index is 2.01. The Kier molecular flexibility index (Phi) is 6.12. The number of carbonyl (C=O) groups excluding carboxylic acids is 2. The van der Waals surface area contributed by atoms with Crippen LogP contribution in [0.3, 0.4) is 0 Å². The van der Waals surface area contributed by atoms with Gasteiger partial charge in [-0.1, -0.05) is 30.7 Å². The molecule has 7 heteroatoms. The van der Waals surface area contributed by atoms with Crippen molar-refractivity contribution in [1.82, 2.24) is 10.3 Å². The van der Waals surface area contributed by atoms with E-state index in [0.717, 1.165) is 12.0 Å². The van der Waals surface area contributed by atoms with Gasteiger partial charge in [-0.15, -0.1) is 11.3 Å². The van der Waals surface area contributed by atoms with Gasteiger partial charge in [-0.2, -0.15) is 0 Å². The van der Waals surface area contributed by atoms with Crippen LogP contribution >= 0.6 is 22.9 Å². The fourth-order valence-corrected chi connectivity index (χ4v) is 2.68. The lowest BCUT2D eigenvalue weighted by molar-refractivity contribution is -0.129. The number of amides is 1. The molecule has 1 heterocycles. The predicted molar refractivity (Wildman–Crippen MR) is 90.7 cm³/mol. The summed E-state index contributed by atoms with van der Waals surface area (Å²) in [7, 11) is 0. The van der Waals surface area contributed by atoms with Gasteiger partial charge in [-0.25, -0.2) is 9.78 Å². The summed E-state index contributed by atoms with van der Waals surface area (Å²) < 4.78 is 5.14. The Morgan fingerprint density at radius 1 is 1.35 bits per heavy atom. The second-order valence-electron chi connectivity index (χ2n) is 4.88. The zero-order chi connectivity index (χ0) is 16.8. The quantitative estimate of drug-likeness (QED) is 0.807. The first-order valence-corrected chi connectivity index (χ1v) is 8.47. The maximum atomic E-state index is 12.1. The molecule has 0 bridgehead atoms. The highest BCUT2D eigenvalue weighted by atomic mass is 35.5. The molecule has 2 aromatic rings. The topological polar surface area (TPSA) is 68.3 Å². The van der Waals surface area contributed by atoms with Crippen LogP contribution in [0.15, 0.2) is 29.6 Å². The minimum Gasteiger partial charge on any atom is -0.448 e. The Morgan fingerprint density at radius 2 is 2.04 bits per heavy atom. The Bertz CT molecular complexity index is 685. The fourth-order valence-electron chi connectivity index (χ4n) is 1.76. The first-order chi connectivity index (χ1) is 11.0. The van der Waals surface area contributed by atoms with Crippen LogP contribution in [0.5, 0.6) is 0 Å². The molecule has 0 aliphatic heterocycles. The van der Waals surface area contributed by atoms with E-state index in [1.54, 1.807) is 17.5 Å². The highest BCUT2D eigenvalue weighted by Gasteiger charge is 2.20. The van der Waals surface area contributed by atoms with E-state index >= 15 is 0 Å². The van der Waals surface area contributed by atoms with Crippen LogP contribution in [0.4, 0.5) is 0 Å². The Hall–Kier alpha value is -1.92. The summed E-state index contributed by atoms with van der Waals surface area (Å²) in [5, 5.41) is 5.62. The van der Waals surface area contributed by atoms with E-state index in [0.29, 0.717) is 16.6 Å². The molecule has 1 atom stereocenters. The van der Waals surface area contributed by atoms with Gasteiger partial charge >= 0.3 is 5.97 Å². The molecule has 1 N–H and O–H groups in total. The molecule has 1 aromatic heterocycles. The van der Waals surface area contributed by atoms with E-state index in [2.05, 4.69) is 10.3 Å². The number of carbonyl (C=O) groups is 2.